The van der Waals surface area contributed by atoms with E-state index in [9.17, 15) is 22.8 Å². The molecule has 0 N–H and O–H groups in total. The summed E-state index contributed by atoms with van der Waals surface area (Å²) in [5, 5.41) is 2.21. The van der Waals surface area contributed by atoms with Crippen LogP contribution in [0.25, 0.3) is 55.1 Å². The van der Waals surface area contributed by atoms with E-state index in [1.807, 2.05) is 53.4 Å². The van der Waals surface area contributed by atoms with E-state index in [0.717, 1.165) is 28.1 Å². The monoisotopic (exact) mass is 675 g/mol. The number of pyridine rings is 3. The van der Waals surface area contributed by atoms with E-state index in [2.05, 4.69) is 9.97 Å². The van der Waals surface area contributed by atoms with E-state index in [-0.39, 0.29) is 36.7 Å². The van der Waals surface area contributed by atoms with E-state index in [4.69, 9.17) is 4.74 Å². The first-order valence-corrected chi connectivity index (χ1v) is 16.5. The zero-order valence-corrected chi connectivity index (χ0v) is 27.0. The molecule has 2 aliphatic rings. The van der Waals surface area contributed by atoms with Crippen molar-refractivity contribution < 1.29 is 22.7 Å². The Kier molecular flexibility index (Phi) is 8.16. The number of amides is 1. The van der Waals surface area contributed by atoms with Gasteiger partial charge in [0.2, 0.25) is 5.91 Å². The number of halogens is 3. The Labute approximate surface area is 285 Å². The lowest BCUT2D eigenvalue weighted by Gasteiger charge is -2.31. The average molecular weight is 676 g/mol. The Morgan fingerprint density at radius 2 is 1.64 bits per heavy atom. The third-order valence-electron chi connectivity index (χ3n) is 9.58. The van der Waals surface area contributed by atoms with Crippen molar-refractivity contribution in [2.45, 2.75) is 12.6 Å². The van der Waals surface area contributed by atoms with Gasteiger partial charge in [-0.1, -0.05) is 36.4 Å². The highest BCUT2D eigenvalue weighted by molar-refractivity contribution is 6.05. The molecule has 252 valence electrons. The van der Waals surface area contributed by atoms with Gasteiger partial charge >= 0.3 is 6.18 Å². The number of benzene rings is 3. The lowest BCUT2D eigenvalue weighted by atomic mass is 9.93. The Hall–Kier alpha value is -5.39. The van der Waals surface area contributed by atoms with Gasteiger partial charge in [-0.3, -0.25) is 29.0 Å². The Morgan fingerprint density at radius 1 is 0.820 bits per heavy atom. The molecule has 6 aromatic rings. The molecule has 1 amide bonds. The minimum absolute atomic E-state index is 0.0485. The molecule has 11 heteroatoms. The fourth-order valence-electron chi connectivity index (χ4n) is 6.95. The van der Waals surface area contributed by atoms with Crippen LogP contribution in [0.1, 0.15) is 17.5 Å². The van der Waals surface area contributed by atoms with Crippen LogP contribution >= 0.6 is 0 Å². The van der Waals surface area contributed by atoms with E-state index < -0.39 is 17.3 Å². The first-order valence-electron chi connectivity index (χ1n) is 16.5. The maximum Gasteiger partial charge on any atom is 0.417 e. The number of fused-ring (bicyclic) bond motifs is 4. The van der Waals surface area contributed by atoms with Gasteiger partial charge < -0.3 is 9.64 Å². The maximum absolute atomic E-state index is 14.8. The van der Waals surface area contributed by atoms with Gasteiger partial charge in [-0.25, -0.2) is 0 Å². The molecule has 8 rings (SSSR count). The molecule has 0 saturated carbocycles. The molecular formula is C39H32F3N5O3. The van der Waals surface area contributed by atoms with Crippen LogP contribution in [0.2, 0.25) is 0 Å². The summed E-state index contributed by atoms with van der Waals surface area (Å²) in [5.41, 5.74) is 2.99. The highest BCUT2D eigenvalue weighted by atomic mass is 19.4. The number of ether oxygens (including phenoxy) is 1. The number of carbonyl (C=O) groups excluding carboxylic acids is 1. The number of nitrogens with zero attached hydrogens (tertiary/aromatic N) is 5. The van der Waals surface area contributed by atoms with Crippen molar-refractivity contribution in [3.63, 3.8) is 0 Å². The number of morpholine rings is 1. The minimum atomic E-state index is -4.69. The van der Waals surface area contributed by atoms with Crippen LogP contribution in [0.5, 0.6) is 0 Å². The summed E-state index contributed by atoms with van der Waals surface area (Å²) in [7, 11) is 0. The van der Waals surface area contributed by atoms with Crippen molar-refractivity contribution >= 4 is 44.2 Å². The van der Waals surface area contributed by atoms with Crippen LogP contribution in [0.4, 0.5) is 13.2 Å². The second kappa shape index (κ2) is 12.8. The van der Waals surface area contributed by atoms with Gasteiger partial charge in [0.15, 0.2) is 0 Å². The van der Waals surface area contributed by atoms with Crippen LogP contribution in [0, 0.1) is 0 Å². The molecule has 0 unspecified atom stereocenters. The number of alkyl halides is 3. The van der Waals surface area contributed by atoms with Crippen molar-refractivity contribution in [2.75, 3.05) is 45.9 Å². The number of rotatable bonds is 5. The van der Waals surface area contributed by atoms with Crippen molar-refractivity contribution in [2.24, 2.45) is 0 Å². The number of hydrogen-bond donors (Lipinski definition) is 0. The summed E-state index contributed by atoms with van der Waals surface area (Å²) in [4.78, 5) is 39.4. The molecule has 1 saturated heterocycles. The third-order valence-corrected chi connectivity index (χ3v) is 9.58. The summed E-state index contributed by atoms with van der Waals surface area (Å²) in [6, 6.07) is 22.5. The minimum Gasteiger partial charge on any atom is -0.379 e. The lowest BCUT2D eigenvalue weighted by Crippen LogP contribution is -2.45. The quantitative estimate of drug-likeness (QED) is 0.189. The SMILES string of the molecule is O=C(CN1CCOCC1)N1CC=C(c2ccc(-n3c(=O)ccc4cnc5ccc(-c6cnc7ccccc7c6)cc5c43)cc2C(F)(F)F)CC1. The maximum atomic E-state index is 14.8. The van der Waals surface area contributed by atoms with Crippen molar-refractivity contribution in [3.8, 4) is 16.8 Å². The molecule has 5 heterocycles. The van der Waals surface area contributed by atoms with E-state index in [1.165, 1.54) is 16.7 Å². The first kappa shape index (κ1) is 31.9. The largest absolute Gasteiger partial charge is 0.417 e. The predicted molar refractivity (Wildman–Crippen MR) is 187 cm³/mol. The number of aromatic nitrogens is 3. The molecule has 0 radical (unpaired) electrons. The summed E-state index contributed by atoms with van der Waals surface area (Å²) in [6.07, 6.45) is 0.709. The van der Waals surface area contributed by atoms with Crippen LogP contribution in [0.3, 0.4) is 0 Å². The van der Waals surface area contributed by atoms with Gasteiger partial charge in [0.05, 0.1) is 41.9 Å². The molecule has 1 fully saturated rings. The molecule has 0 bridgehead atoms. The first-order chi connectivity index (χ1) is 24.2. The predicted octanol–water partition coefficient (Wildman–Crippen LogP) is 6.72. The molecule has 0 atom stereocenters. The van der Waals surface area contributed by atoms with Crippen LogP contribution in [-0.4, -0.2) is 76.2 Å². The van der Waals surface area contributed by atoms with Gasteiger partial charge in [-0.15, -0.1) is 0 Å². The molecule has 0 spiro atoms. The lowest BCUT2D eigenvalue weighted by molar-refractivity contribution is -0.138. The average Bonchev–Trinajstić information content (AvgIpc) is 3.14. The van der Waals surface area contributed by atoms with E-state index in [0.29, 0.717) is 60.2 Å². The van der Waals surface area contributed by atoms with Crippen LogP contribution in [0.15, 0.2) is 102 Å². The molecule has 3 aromatic carbocycles. The molecule has 3 aromatic heterocycles. The van der Waals surface area contributed by atoms with Gasteiger partial charge in [-0.05, 0) is 65.6 Å². The molecule has 0 aliphatic carbocycles. The van der Waals surface area contributed by atoms with Gasteiger partial charge in [0.25, 0.3) is 5.56 Å². The standard InChI is InChI=1S/C39H32F3N5O3/c40-39(41,42)33-21-30(7-8-31(33)25-11-13-46(14-12-25)37(49)24-45-15-17-50-18-16-45)47-36(48)10-6-28-22-44-35-9-5-26(20-32(35)38(28)47)29-19-27-3-1-2-4-34(27)43-23-29/h1-11,19-23H,12-18,24H2. The summed E-state index contributed by atoms with van der Waals surface area (Å²) >= 11 is 0. The Balaban J connectivity index is 1.18. The highest BCUT2D eigenvalue weighted by Gasteiger charge is 2.35. The van der Waals surface area contributed by atoms with E-state index >= 15 is 0 Å². The zero-order valence-electron chi connectivity index (χ0n) is 27.0. The van der Waals surface area contributed by atoms with Crippen LogP contribution < -0.4 is 5.56 Å². The van der Waals surface area contributed by atoms with Crippen molar-refractivity contribution in [1.82, 2.24) is 24.3 Å². The van der Waals surface area contributed by atoms with Gasteiger partial charge in [0, 0.05) is 72.0 Å². The topological polar surface area (TPSA) is 80.6 Å². The summed E-state index contributed by atoms with van der Waals surface area (Å²) < 4.78 is 51.0. The van der Waals surface area contributed by atoms with Crippen LogP contribution in [-0.2, 0) is 15.7 Å². The van der Waals surface area contributed by atoms with Gasteiger partial charge in [-0.2, -0.15) is 13.2 Å². The second-order valence-corrected chi connectivity index (χ2v) is 12.7. The smallest absolute Gasteiger partial charge is 0.379 e. The summed E-state index contributed by atoms with van der Waals surface area (Å²) in [5.74, 6) is -0.0503. The molecule has 2 aliphatic heterocycles. The number of para-hydroxylation sites is 1. The molecular weight excluding hydrogens is 643 g/mol. The number of hydrogen-bond acceptors (Lipinski definition) is 6. The normalized spacial score (nSPS) is 15.9. The van der Waals surface area contributed by atoms with Crippen molar-refractivity contribution in [1.29, 1.82) is 0 Å². The Bertz CT molecular complexity index is 2380. The zero-order chi connectivity index (χ0) is 34.4. The fourth-order valence-corrected chi connectivity index (χ4v) is 6.95. The summed E-state index contributed by atoms with van der Waals surface area (Å²) in [6.45, 7) is 3.33. The number of carbonyl (C=O) groups is 1. The van der Waals surface area contributed by atoms with E-state index in [1.54, 1.807) is 35.5 Å². The second-order valence-electron chi connectivity index (χ2n) is 12.7. The van der Waals surface area contributed by atoms with Gasteiger partial charge in [0.1, 0.15) is 0 Å². The highest BCUT2D eigenvalue weighted by Crippen LogP contribution is 2.39. The Morgan fingerprint density at radius 3 is 2.44 bits per heavy atom. The van der Waals surface area contributed by atoms with Crippen molar-refractivity contribution in [3.05, 3.63) is 119 Å². The third kappa shape index (κ3) is 6.03. The molecule has 50 heavy (non-hydrogen) atoms. The fraction of sp³-hybridized carbons (Fsp3) is 0.231. The molecule has 8 nitrogen and oxygen atoms in total.